The lowest BCUT2D eigenvalue weighted by molar-refractivity contribution is -0.385. The maximum Gasteiger partial charge on any atom is 0.270 e. The number of nitrogens with zero attached hydrogens (tertiary/aromatic N) is 2. The molecule has 0 aromatic heterocycles. The molecule has 9 nitrogen and oxygen atoms in total. The Morgan fingerprint density at radius 2 is 1.79 bits per heavy atom. The molecule has 11 heteroatoms. The quantitative estimate of drug-likeness (QED) is 0.374. The van der Waals surface area contributed by atoms with Gasteiger partial charge in [-0.1, -0.05) is 30.3 Å². The molecule has 0 atom stereocenters. The molecule has 0 bridgehead atoms. The van der Waals surface area contributed by atoms with Crippen LogP contribution in [-0.4, -0.2) is 44.3 Å². The van der Waals surface area contributed by atoms with Crippen molar-refractivity contribution in [2.75, 3.05) is 24.9 Å². The van der Waals surface area contributed by atoms with Gasteiger partial charge in [-0.3, -0.25) is 19.6 Å². The van der Waals surface area contributed by atoms with E-state index in [-0.39, 0.29) is 40.7 Å². The number of halogens is 1. The van der Waals surface area contributed by atoms with Crippen LogP contribution in [0.5, 0.6) is 5.75 Å². The van der Waals surface area contributed by atoms with Crippen molar-refractivity contribution in [3.05, 3.63) is 94.3 Å². The Labute approximate surface area is 189 Å². The van der Waals surface area contributed by atoms with Crippen molar-refractivity contribution in [1.29, 1.82) is 0 Å². The summed E-state index contributed by atoms with van der Waals surface area (Å²) in [4.78, 5) is 24.2. The molecule has 0 fully saturated rings. The second kappa shape index (κ2) is 10.1. The number of nitro groups is 1. The van der Waals surface area contributed by atoms with Gasteiger partial charge in [0.15, 0.2) is 11.6 Å². The molecule has 0 heterocycles. The van der Waals surface area contributed by atoms with Gasteiger partial charge in [0.2, 0.25) is 0 Å². The summed E-state index contributed by atoms with van der Waals surface area (Å²) >= 11 is 0. The largest absolute Gasteiger partial charge is 0.489 e. The molecule has 1 amide bonds. The summed E-state index contributed by atoms with van der Waals surface area (Å²) in [7, 11) is -2.70. The third-order valence-corrected chi connectivity index (χ3v) is 5.97. The van der Waals surface area contributed by atoms with Crippen molar-refractivity contribution < 1.29 is 27.3 Å². The third kappa shape index (κ3) is 5.83. The molecule has 3 rings (SSSR count). The fraction of sp³-hybridized carbons (Fsp3) is 0.136. The fourth-order valence-corrected chi connectivity index (χ4v) is 4.01. The van der Waals surface area contributed by atoms with Crippen LogP contribution in [0.1, 0.15) is 10.4 Å². The number of carbonyl (C=O) groups excluding carboxylic acids is 1. The highest BCUT2D eigenvalue weighted by molar-refractivity contribution is 7.92. The fourth-order valence-electron chi connectivity index (χ4n) is 2.89. The molecule has 0 aliphatic carbocycles. The molecule has 172 valence electrons. The predicted molar refractivity (Wildman–Crippen MR) is 119 cm³/mol. The van der Waals surface area contributed by atoms with E-state index in [9.17, 15) is 27.7 Å². The number of para-hydroxylation sites is 2. The van der Waals surface area contributed by atoms with E-state index in [0.29, 0.717) is 0 Å². The third-order valence-electron chi connectivity index (χ3n) is 4.61. The number of sulfonamides is 1. The Hall–Kier alpha value is -3.99. The van der Waals surface area contributed by atoms with Crippen LogP contribution >= 0.6 is 0 Å². The van der Waals surface area contributed by atoms with E-state index in [0.717, 1.165) is 6.07 Å². The average Bonchev–Trinajstić information content (AvgIpc) is 2.80. The van der Waals surface area contributed by atoms with Crippen LogP contribution < -0.4 is 9.46 Å². The van der Waals surface area contributed by atoms with Gasteiger partial charge in [0.25, 0.3) is 21.6 Å². The number of likely N-dealkylation sites (N-methyl/N-ethyl adjacent to an activating group) is 1. The monoisotopic (exact) mass is 473 g/mol. The zero-order valence-corrected chi connectivity index (χ0v) is 18.3. The van der Waals surface area contributed by atoms with Crippen molar-refractivity contribution in [3.8, 4) is 5.75 Å². The first-order chi connectivity index (χ1) is 15.7. The minimum Gasteiger partial charge on any atom is -0.489 e. The molecule has 3 aromatic rings. The number of rotatable bonds is 9. The normalized spacial score (nSPS) is 11.0. The van der Waals surface area contributed by atoms with Gasteiger partial charge in [0, 0.05) is 19.2 Å². The predicted octanol–water partition coefficient (Wildman–Crippen LogP) is 3.69. The number of hydrogen-bond acceptors (Lipinski definition) is 6. The lowest BCUT2D eigenvalue weighted by Crippen LogP contribution is -2.31. The topological polar surface area (TPSA) is 119 Å². The molecule has 1 N–H and O–H groups in total. The van der Waals surface area contributed by atoms with Crippen molar-refractivity contribution in [3.63, 3.8) is 0 Å². The lowest BCUT2D eigenvalue weighted by Gasteiger charge is -2.20. The van der Waals surface area contributed by atoms with Gasteiger partial charge in [0.05, 0.1) is 27.6 Å². The molecule has 0 saturated carbocycles. The smallest absolute Gasteiger partial charge is 0.270 e. The van der Waals surface area contributed by atoms with E-state index in [1.54, 1.807) is 18.2 Å². The summed E-state index contributed by atoms with van der Waals surface area (Å²) in [6, 6.07) is 16.4. The number of nitrogens with one attached hydrogen (secondary N) is 1. The SMILES string of the molecule is CN(CCOc1ccccc1F)C(=O)c1ccccc1NS(=O)(=O)c1cccc([N+](=O)[O-])c1. The van der Waals surface area contributed by atoms with Gasteiger partial charge in [-0.25, -0.2) is 12.8 Å². The highest BCUT2D eigenvalue weighted by atomic mass is 32.2. The van der Waals surface area contributed by atoms with Crippen molar-refractivity contribution in [2.45, 2.75) is 4.90 Å². The molecular formula is C22H20FN3O6S. The number of amides is 1. The van der Waals surface area contributed by atoms with E-state index in [2.05, 4.69) is 4.72 Å². The number of ether oxygens (including phenoxy) is 1. The van der Waals surface area contributed by atoms with Gasteiger partial charge < -0.3 is 9.64 Å². The van der Waals surface area contributed by atoms with Gasteiger partial charge in [-0.2, -0.15) is 0 Å². The Balaban J connectivity index is 1.74. The van der Waals surface area contributed by atoms with Crippen LogP contribution in [0.15, 0.2) is 77.7 Å². The van der Waals surface area contributed by atoms with Gasteiger partial charge in [0.1, 0.15) is 6.61 Å². The zero-order chi connectivity index (χ0) is 24.0. The van der Waals surface area contributed by atoms with E-state index < -0.39 is 26.7 Å². The van der Waals surface area contributed by atoms with Crippen LogP contribution in [0.25, 0.3) is 0 Å². The molecule has 0 aliphatic heterocycles. The van der Waals surface area contributed by atoms with Gasteiger partial charge in [-0.05, 0) is 30.3 Å². The number of benzene rings is 3. The van der Waals surface area contributed by atoms with Crippen molar-refractivity contribution >= 4 is 27.3 Å². The number of hydrogen-bond donors (Lipinski definition) is 1. The van der Waals surface area contributed by atoms with Crippen LogP contribution in [0.3, 0.4) is 0 Å². The number of nitro benzene ring substituents is 1. The highest BCUT2D eigenvalue weighted by Crippen LogP contribution is 2.23. The van der Waals surface area contributed by atoms with Gasteiger partial charge >= 0.3 is 0 Å². The molecule has 0 spiro atoms. The minimum absolute atomic E-state index is 0.0101. The summed E-state index contributed by atoms with van der Waals surface area (Å²) in [6.45, 7) is 0.129. The highest BCUT2D eigenvalue weighted by Gasteiger charge is 2.22. The molecule has 0 unspecified atom stereocenters. The second-order valence-electron chi connectivity index (χ2n) is 6.91. The Bertz CT molecular complexity index is 1280. The Kier molecular flexibility index (Phi) is 7.23. The molecule has 0 aliphatic rings. The van der Waals surface area contributed by atoms with E-state index in [1.807, 2.05) is 0 Å². The molecule has 3 aromatic carbocycles. The van der Waals surface area contributed by atoms with Crippen LogP contribution in [0.4, 0.5) is 15.8 Å². The van der Waals surface area contributed by atoms with Crippen molar-refractivity contribution in [2.24, 2.45) is 0 Å². The first kappa shape index (κ1) is 23.7. The number of carbonyl (C=O) groups is 1. The average molecular weight is 473 g/mol. The van der Waals surface area contributed by atoms with Crippen LogP contribution in [0, 0.1) is 15.9 Å². The first-order valence-corrected chi connectivity index (χ1v) is 11.2. The van der Waals surface area contributed by atoms with E-state index in [1.165, 1.54) is 60.5 Å². The summed E-state index contributed by atoms with van der Waals surface area (Å²) < 4.78 is 46.9. The maximum absolute atomic E-state index is 13.6. The lowest BCUT2D eigenvalue weighted by atomic mass is 10.1. The molecule has 0 saturated heterocycles. The van der Waals surface area contributed by atoms with Crippen LogP contribution in [0.2, 0.25) is 0 Å². The summed E-state index contributed by atoms with van der Waals surface area (Å²) in [5.41, 5.74) is -0.299. The second-order valence-corrected chi connectivity index (χ2v) is 8.59. The Morgan fingerprint density at radius 1 is 1.09 bits per heavy atom. The number of anilines is 1. The standard InChI is InChI=1S/C22H20FN3O6S/c1-25(13-14-32-21-12-5-3-10-19(21)23)22(27)18-9-2-4-11-20(18)24-33(30,31)17-8-6-7-16(15-17)26(28)29/h2-12,15,24H,13-14H2,1H3. The summed E-state index contributed by atoms with van der Waals surface area (Å²) in [6.07, 6.45) is 0. The first-order valence-electron chi connectivity index (χ1n) is 9.68. The molecule has 0 radical (unpaired) electrons. The van der Waals surface area contributed by atoms with Gasteiger partial charge in [-0.15, -0.1) is 0 Å². The van der Waals surface area contributed by atoms with E-state index in [4.69, 9.17) is 4.74 Å². The Morgan fingerprint density at radius 3 is 2.52 bits per heavy atom. The molecule has 33 heavy (non-hydrogen) atoms. The van der Waals surface area contributed by atoms with Crippen molar-refractivity contribution in [1.82, 2.24) is 4.90 Å². The summed E-state index contributed by atoms with van der Waals surface area (Å²) in [5, 5.41) is 11.0. The zero-order valence-electron chi connectivity index (χ0n) is 17.5. The van der Waals surface area contributed by atoms with E-state index >= 15 is 0 Å². The molecular weight excluding hydrogens is 453 g/mol. The minimum atomic E-state index is -4.20. The number of non-ortho nitro benzene ring substituents is 1. The maximum atomic E-state index is 13.6. The van der Waals surface area contributed by atoms with Crippen LogP contribution in [-0.2, 0) is 10.0 Å². The summed E-state index contributed by atoms with van der Waals surface area (Å²) in [5.74, 6) is -0.958.